The Morgan fingerprint density at radius 3 is 2.58 bits per heavy atom. The predicted octanol–water partition coefficient (Wildman–Crippen LogP) is 1.61. The van der Waals surface area contributed by atoms with Crippen molar-refractivity contribution < 1.29 is 9.47 Å². The van der Waals surface area contributed by atoms with Gasteiger partial charge < -0.3 is 9.47 Å². The van der Waals surface area contributed by atoms with Crippen molar-refractivity contribution in [1.29, 1.82) is 0 Å². The van der Waals surface area contributed by atoms with E-state index in [-0.39, 0.29) is 6.29 Å². The number of hydrogen-bond donors (Lipinski definition) is 0. The summed E-state index contributed by atoms with van der Waals surface area (Å²) in [7, 11) is 3.28. The number of ether oxygens (including phenoxy) is 2. The number of nitrogens with zero attached hydrogens (tertiary/aromatic N) is 1. The van der Waals surface area contributed by atoms with E-state index in [1.54, 1.807) is 25.6 Å². The molecule has 1 heterocycles. The van der Waals surface area contributed by atoms with Crippen LogP contribution in [-0.4, -0.2) is 25.5 Å². The molecule has 1 rings (SSSR count). The first-order chi connectivity index (χ1) is 5.76. The van der Waals surface area contributed by atoms with Crippen LogP contribution in [0.15, 0.2) is 6.20 Å². The van der Waals surface area contributed by atoms with Crippen molar-refractivity contribution in [3.8, 4) is 0 Å². The number of aryl methyl sites for hydroxylation is 1. The Morgan fingerprint density at radius 2 is 2.17 bits per heavy atom. The van der Waals surface area contributed by atoms with Crippen molar-refractivity contribution in [2.45, 2.75) is 19.6 Å². The molecule has 0 aromatic carbocycles. The fourth-order valence-electron chi connectivity index (χ4n) is 0.927. The normalized spacial score (nSPS) is 11.0. The van der Waals surface area contributed by atoms with E-state index in [1.165, 1.54) is 4.88 Å². The summed E-state index contributed by atoms with van der Waals surface area (Å²) < 4.78 is 10.1. The average Bonchev–Trinajstić information content (AvgIpc) is 2.47. The SMILES string of the molecule is COC(Cc1cnc(C)s1)OC. The summed E-state index contributed by atoms with van der Waals surface area (Å²) in [5.41, 5.74) is 0. The van der Waals surface area contributed by atoms with Crippen molar-refractivity contribution >= 4 is 11.3 Å². The lowest BCUT2D eigenvalue weighted by molar-refractivity contribution is -0.0998. The first-order valence-corrected chi connectivity index (χ1v) is 4.54. The fraction of sp³-hybridized carbons (Fsp3) is 0.625. The standard InChI is InChI=1S/C8H13NO2S/c1-6-9-5-7(12-6)4-8(10-2)11-3/h5,8H,4H2,1-3H3. The molecule has 68 valence electrons. The minimum Gasteiger partial charge on any atom is -0.356 e. The first-order valence-electron chi connectivity index (χ1n) is 3.73. The number of methoxy groups -OCH3 is 2. The number of thiazole rings is 1. The molecular weight excluding hydrogens is 174 g/mol. The molecule has 0 radical (unpaired) electrons. The summed E-state index contributed by atoms with van der Waals surface area (Å²) in [6.45, 7) is 1.99. The fourth-order valence-corrected chi connectivity index (χ4v) is 1.74. The molecule has 1 aromatic heterocycles. The summed E-state index contributed by atoms with van der Waals surface area (Å²) >= 11 is 1.68. The number of rotatable bonds is 4. The second-order valence-corrected chi connectivity index (χ2v) is 3.77. The molecule has 0 aliphatic rings. The van der Waals surface area contributed by atoms with Crippen LogP contribution in [0, 0.1) is 6.92 Å². The molecule has 3 nitrogen and oxygen atoms in total. The highest BCUT2D eigenvalue weighted by molar-refractivity contribution is 7.11. The van der Waals surface area contributed by atoms with Gasteiger partial charge in [0.05, 0.1) is 5.01 Å². The molecule has 1 aromatic rings. The first kappa shape index (κ1) is 9.64. The van der Waals surface area contributed by atoms with Crippen molar-refractivity contribution in [3.63, 3.8) is 0 Å². The van der Waals surface area contributed by atoms with E-state index in [1.807, 2.05) is 13.1 Å². The third-order valence-corrected chi connectivity index (χ3v) is 2.50. The Hall–Kier alpha value is -0.450. The van der Waals surface area contributed by atoms with Crippen LogP contribution in [0.3, 0.4) is 0 Å². The molecule has 0 unspecified atom stereocenters. The molecule has 4 heteroatoms. The lowest BCUT2D eigenvalue weighted by atomic mass is 10.4. The second kappa shape index (κ2) is 4.54. The number of aromatic nitrogens is 1. The van der Waals surface area contributed by atoms with Gasteiger partial charge in [-0.1, -0.05) is 0 Å². The summed E-state index contributed by atoms with van der Waals surface area (Å²) in [6.07, 6.45) is 2.49. The van der Waals surface area contributed by atoms with Gasteiger partial charge in [-0.3, -0.25) is 0 Å². The Balaban J connectivity index is 2.50. The summed E-state index contributed by atoms with van der Waals surface area (Å²) in [5.74, 6) is 0. The van der Waals surface area contributed by atoms with Crippen LogP contribution in [0.5, 0.6) is 0 Å². The van der Waals surface area contributed by atoms with E-state index >= 15 is 0 Å². The lowest BCUT2D eigenvalue weighted by Gasteiger charge is -2.10. The molecule has 0 saturated heterocycles. The largest absolute Gasteiger partial charge is 0.356 e. The molecule has 0 spiro atoms. The van der Waals surface area contributed by atoms with Crippen LogP contribution in [0.1, 0.15) is 9.88 Å². The monoisotopic (exact) mass is 187 g/mol. The summed E-state index contributed by atoms with van der Waals surface area (Å²) in [5, 5.41) is 1.08. The zero-order valence-corrected chi connectivity index (χ0v) is 8.35. The number of hydrogen-bond acceptors (Lipinski definition) is 4. The summed E-state index contributed by atoms with van der Waals surface area (Å²) in [6, 6.07) is 0. The Morgan fingerprint density at radius 1 is 1.50 bits per heavy atom. The Bertz CT molecular complexity index is 233. The molecule has 0 aliphatic heterocycles. The predicted molar refractivity (Wildman–Crippen MR) is 48.4 cm³/mol. The average molecular weight is 187 g/mol. The van der Waals surface area contributed by atoms with Crippen molar-refractivity contribution in [2.24, 2.45) is 0 Å². The third kappa shape index (κ3) is 2.55. The van der Waals surface area contributed by atoms with Gasteiger partial charge in [-0.05, 0) is 6.92 Å². The molecule has 0 N–H and O–H groups in total. The Labute approximate surface area is 76.3 Å². The van der Waals surface area contributed by atoms with E-state index in [0.717, 1.165) is 11.4 Å². The molecule has 0 atom stereocenters. The highest BCUT2D eigenvalue weighted by Crippen LogP contribution is 2.14. The van der Waals surface area contributed by atoms with Gasteiger partial charge in [0.25, 0.3) is 0 Å². The van der Waals surface area contributed by atoms with Crippen LogP contribution in [0.2, 0.25) is 0 Å². The zero-order chi connectivity index (χ0) is 8.97. The quantitative estimate of drug-likeness (QED) is 0.671. The molecular formula is C8H13NO2S. The molecule has 0 bridgehead atoms. The van der Waals surface area contributed by atoms with Crippen LogP contribution in [0.25, 0.3) is 0 Å². The highest BCUT2D eigenvalue weighted by Gasteiger charge is 2.08. The molecule has 0 aliphatic carbocycles. The van der Waals surface area contributed by atoms with E-state index in [2.05, 4.69) is 4.98 Å². The van der Waals surface area contributed by atoms with Gasteiger partial charge in [0.1, 0.15) is 0 Å². The maximum absolute atomic E-state index is 5.07. The van der Waals surface area contributed by atoms with Crippen LogP contribution in [-0.2, 0) is 15.9 Å². The molecule has 0 fully saturated rings. The van der Waals surface area contributed by atoms with Crippen LogP contribution in [0.4, 0.5) is 0 Å². The minimum absolute atomic E-state index is 0.148. The lowest BCUT2D eigenvalue weighted by Crippen LogP contribution is -2.15. The topological polar surface area (TPSA) is 31.4 Å². The Kier molecular flexibility index (Phi) is 3.65. The van der Waals surface area contributed by atoms with E-state index in [0.29, 0.717) is 0 Å². The zero-order valence-electron chi connectivity index (χ0n) is 7.53. The highest BCUT2D eigenvalue weighted by atomic mass is 32.1. The molecule has 12 heavy (non-hydrogen) atoms. The van der Waals surface area contributed by atoms with E-state index in [9.17, 15) is 0 Å². The second-order valence-electron chi connectivity index (χ2n) is 2.45. The van der Waals surface area contributed by atoms with Crippen molar-refractivity contribution in [1.82, 2.24) is 4.98 Å². The minimum atomic E-state index is -0.148. The van der Waals surface area contributed by atoms with E-state index in [4.69, 9.17) is 9.47 Å². The maximum atomic E-state index is 5.07. The maximum Gasteiger partial charge on any atom is 0.161 e. The van der Waals surface area contributed by atoms with Gasteiger partial charge in [-0.2, -0.15) is 0 Å². The van der Waals surface area contributed by atoms with E-state index < -0.39 is 0 Å². The van der Waals surface area contributed by atoms with Gasteiger partial charge >= 0.3 is 0 Å². The van der Waals surface area contributed by atoms with Gasteiger partial charge in [-0.25, -0.2) is 4.98 Å². The van der Waals surface area contributed by atoms with Crippen LogP contribution < -0.4 is 0 Å². The van der Waals surface area contributed by atoms with Crippen molar-refractivity contribution in [3.05, 3.63) is 16.1 Å². The van der Waals surface area contributed by atoms with Gasteiger partial charge in [0, 0.05) is 31.7 Å². The molecule has 0 saturated carbocycles. The van der Waals surface area contributed by atoms with Crippen LogP contribution >= 0.6 is 11.3 Å². The third-order valence-electron chi connectivity index (χ3n) is 1.56. The molecule has 0 amide bonds. The van der Waals surface area contributed by atoms with Gasteiger partial charge in [0.2, 0.25) is 0 Å². The van der Waals surface area contributed by atoms with Gasteiger partial charge in [0.15, 0.2) is 6.29 Å². The summed E-state index contributed by atoms with van der Waals surface area (Å²) in [4.78, 5) is 5.34. The smallest absolute Gasteiger partial charge is 0.161 e. The van der Waals surface area contributed by atoms with Crippen molar-refractivity contribution in [2.75, 3.05) is 14.2 Å². The van der Waals surface area contributed by atoms with Gasteiger partial charge in [-0.15, -0.1) is 11.3 Å².